The van der Waals surface area contributed by atoms with Crippen molar-refractivity contribution < 1.29 is 23.4 Å². The molecule has 2 atom stereocenters. The minimum atomic E-state index is -2.87. The number of hydrogen-bond donors (Lipinski definition) is 2. The van der Waals surface area contributed by atoms with E-state index >= 15 is 0 Å². The second-order valence-electron chi connectivity index (χ2n) is 7.63. The van der Waals surface area contributed by atoms with E-state index in [1.165, 1.54) is 6.34 Å². The lowest BCUT2D eigenvalue weighted by molar-refractivity contribution is -0.176. The van der Waals surface area contributed by atoms with Crippen LogP contribution in [0.4, 0.5) is 8.78 Å². The van der Waals surface area contributed by atoms with Gasteiger partial charge in [0.05, 0.1) is 12.9 Å². The van der Waals surface area contributed by atoms with Gasteiger partial charge in [-0.2, -0.15) is 0 Å². The highest BCUT2D eigenvalue weighted by Gasteiger charge is 2.54. The lowest BCUT2D eigenvalue weighted by atomic mass is 9.80. The van der Waals surface area contributed by atoms with Crippen LogP contribution < -0.4 is 0 Å². The quantitative estimate of drug-likeness (QED) is 0.452. The Kier molecular flexibility index (Phi) is 5.79. The van der Waals surface area contributed by atoms with Crippen molar-refractivity contribution in [3.8, 4) is 0 Å². The van der Waals surface area contributed by atoms with Crippen LogP contribution in [0, 0.1) is 17.2 Å². The standard InChI is InChI=1S/C20H26F2N2O3/c21-19(22)9-6-17(12-19)20(26,16-4-2-1-3-5-16)18(25)27-13-15-7-10-24(14-23)11-8-15/h1-5,14-15,17,23,26H,6-13H2/t17-,20+/m1/s1. The summed E-state index contributed by atoms with van der Waals surface area (Å²) in [5.74, 6) is -4.43. The fourth-order valence-electron chi connectivity index (χ4n) is 4.07. The molecule has 1 aliphatic carbocycles. The van der Waals surface area contributed by atoms with Crippen molar-refractivity contribution >= 4 is 12.3 Å². The van der Waals surface area contributed by atoms with Crippen molar-refractivity contribution in [3.63, 3.8) is 0 Å². The van der Waals surface area contributed by atoms with Crippen LogP contribution in [0.3, 0.4) is 0 Å². The molecule has 0 amide bonds. The molecule has 2 N–H and O–H groups in total. The molecule has 1 aromatic rings. The Balaban J connectivity index is 1.71. The van der Waals surface area contributed by atoms with Gasteiger partial charge in [-0.1, -0.05) is 30.3 Å². The van der Waals surface area contributed by atoms with Crippen LogP contribution in [0.25, 0.3) is 0 Å². The Hall–Kier alpha value is -2.02. The Labute approximate surface area is 157 Å². The highest BCUT2D eigenvalue weighted by molar-refractivity contribution is 5.81. The first-order chi connectivity index (χ1) is 12.8. The number of nitrogens with zero attached hydrogens (tertiary/aromatic N) is 1. The molecule has 148 valence electrons. The highest BCUT2D eigenvalue weighted by Crippen LogP contribution is 2.48. The predicted molar refractivity (Wildman–Crippen MR) is 96.7 cm³/mol. The van der Waals surface area contributed by atoms with Crippen molar-refractivity contribution in [3.05, 3.63) is 35.9 Å². The molecule has 1 aromatic carbocycles. The molecule has 1 saturated carbocycles. The minimum Gasteiger partial charge on any atom is -0.463 e. The Bertz CT molecular complexity index is 662. The van der Waals surface area contributed by atoms with Gasteiger partial charge in [0.2, 0.25) is 5.92 Å². The summed E-state index contributed by atoms with van der Waals surface area (Å²) in [6, 6.07) is 8.26. The third-order valence-electron chi connectivity index (χ3n) is 5.80. The lowest BCUT2D eigenvalue weighted by Gasteiger charge is -2.34. The summed E-state index contributed by atoms with van der Waals surface area (Å²) >= 11 is 0. The molecule has 0 aromatic heterocycles. The first kappa shape index (κ1) is 19.7. The lowest BCUT2D eigenvalue weighted by Crippen LogP contribution is -2.45. The molecule has 0 unspecified atom stereocenters. The Morgan fingerprint density at radius 3 is 2.52 bits per heavy atom. The highest BCUT2D eigenvalue weighted by atomic mass is 19.3. The summed E-state index contributed by atoms with van der Waals surface area (Å²) in [7, 11) is 0. The van der Waals surface area contributed by atoms with Crippen LogP contribution in [-0.4, -0.2) is 47.9 Å². The monoisotopic (exact) mass is 380 g/mol. The van der Waals surface area contributed by atoms with Crippen molar-refractivity contribution in [1.82, 2.24) is 4.90 Å². The van der Waals surface area contributed by atoms with Crippen molar-refractivity contribution in [2.45, 2.75) is 43.6 Å². The van der Waals surface area contributed by atoms with Gasteiger partial charge >= 0.3 is 5.97 Å². The number of likely N-dealkylation sites (tertiary alicyclic amines) is 1. The van der Waals surface area contributed by atoms with E-state index < -0.39 is 29.8 Å². The summed E-state index contributed by atoms with van der Waals surface area (Å²) in [5.41, 5.74) is -1.76. The van der Waals surface area contributed by atoms with Crippen LogP contribution in [-0.2, 0) is 15.1 Å². The topological polar surface area (TPSA) is 73.6 Å². The van der Waals surface area contributed by atoms with Gasteiger partial charge in [0.25, 0.3) is 0 Å². The third-order valence-corrected chi connectivity index (χ3v) is 5.80. The van der Waals surface area contributed by atoms with Crippen molar-refractivity contribution in [1.29, 1.82) is 5.41 Å². The third kappa shape index (κ3) is 4.29. The molecule has 3 rings (SSSR count). The second-order valence-corrected chi connectivity index (χ2v) is 7.63. The van der Waals surface area contributed by atoms with Crippen LogP contribution in [0.5, 0.6) is 0 Å². The first-order valence-electron chi connectivity index (χ1n) is 9.43. The van der Waals surface area contributed by atoms with E-state index in [0.29, 0.717) is 5.56 Å². The molecule has 2 fully saturated rings. The smallest absolute Gasteiger partial charge is 0.343 e. The van der Waals surface area contributed by atoms with E-state index in [2.05, 4.69) is 0 Å². The number of piperidine rings is 1. The normalized spacial score (nSPS) is 25.0. The molecule has 1 aliphatic heterocycles. The summed E-state index contributed by atoms with van der Waals surface area (Å²) in [6.07, 6.45) is 2.09. The zero-order chi connectivity index (χ0) is 19.5. The van der Waals surface area contributed by atoms with Crippen LogP contribution in [0.2, 0.25) is 0 Å². The average Bonchev–Trinajstić information content (AvgIpc) is 3.06. The van der Waals surface area contributed by atoms with E-state index in [-0.39, 0.29) is 25.4 Å². The van der Waals surface area contributed by atoms with Gasteiger partial charge in [-0.15, -0.1) is 0 Å². The molecule has 0 bridgehead atoms. The summed E-state index contributed by atoms with van der Waals surface area (Å²) in [5, 5.41) is 18.5. The van der Waals surface area contributed by atoms with E-state index in [1.54, 1.807) is 30.3 Å². The number of benzene rings is 1. The number of carbonyl (C=O) groups excluding carboxylic acids is 1. The maximum absolute atomic E-state index is 13.8. The molecule has 0 radical (unpaired) electrons. The van der Waals surface area contributed by atoms with Gasteiger partial charge in [-0.25, -0.2) is 13.6 Å². The largest absolute Gasteiger partial charge is 0.463 e. The van der Waals surface area contributed by atoms with Gasteiger partial charge in [0.15, 0.2) is 5.60 Å². The predicted octanol–water partition coefficient (Wildman–Crippen LogP) is 3.17. The number of nitrogens with one attached hydrogen (secondary N) is 1. The SMILES string of the molecule is N=CN1CCC(COC(=O)[C@](O)(c2ccccc2)[C@@H]2CCC(F)(F)C2)CC1. The number of hydrogen-bond acceptors (Lipinski definition) is 4. The van der Waals surface area contributed by atoms with E-state index in [9.17, 15) is 18.7 Å². The molecule has 7 heteroatoms. The fourth-order valence-corrected chi connectivity index (χ4v) is 4.07. The van der Waals surface area contributed by atoms with Gasteiger partial charge in [0.1, 0.15) is 0 Å². The summed E-state index contributed by atoms with van der Waals surface area (Å²) in [6.45, 7) is 1.61. The Morgan fingerprint density at radius 1 is 1.30 bits per heavy atom. The zero-order valence-corrected chi connectivity index (χ0v) is 15.2. The molecular weight excluding hydrogens is 354 g/mol. The fraction of sp³-hybridized carbons (Fsp3) is 0.600. The van der Waals surface area contributed by atoms with Gasteiger partial charge < -0.3 is 14.7 Å². The maximum Gasteiger partial charge on any atom is 0.343 e. The maximum atomic E-state index is 13.8. The number of alkyl halides is 2. The van der Waals surface area contributed by atoms with Gasteiger partial charge in [-0.3, -0.25) is 5.41 Å². The van der Waals surface area contributed by atoms with Crippen LogP contribution >= 0.6 is 0 Å². The van der Waals surface area contributed by atoms with Crippen molar-refractivity contribution in [2.75, 3.05) is 19.7 Å². The molecular formula is C20H26F2N2O3. The van der Waals surface area contributed by atoms with Gasteiger partial charge in [-0.05, 0) is 30.7 Å². The number of halogens is 2. The van der Waals surface area contributed by atoms with E-state index in [0.717, 1.165) is 25.9 Å². The number of esters is 1. The summed E-state index contributed by atoms with van der Waals surface area (Å²) in [4.78, 5) is 14.8. The zero-order valence-electron chi connectivity index (χ0n) is 15.2. The Morgan fingerprint density at radius 2 is 1.96 bits per heavy atom. The summed E-state index contributed by atoms with van der Waals surface area (Å²) < 4.78 is 33.0. The van der Waals surface area contributed by atoms with Crippen LogP contribution in [0.15, 0.2) is 30.3 Å². The number of rotatable bonds is 6. The molecule has 5 nitrogen and oxygen atoms in total. The molecule has 1 heterocycles. The minimum absolute atomic E-state index is 0.0746. The molecule has 2 aliphatic rings. The molecule has 1 saturated heterocycles. The van der Waals surface area contributed by atoms with Crippen LogP contribution in [0.1, 0.15) is 37.7 Å². The van der Waals surface area contributed by atoms with Gasteiger partial charge in [0, 0.05) is 31.8 Å². The van der Waals surface area contributed by atoms with Crippen molar-refractivity contribution in [2.24, 2.45) is 11.8 Å². The van der Waals surface area contributed by atoms with E-state index in [1.807, 2.05) is 4.90 Å². The first-order valence-corrected chi connectivity index (χ1v) is 9.43. The van der Waals surface area contributed by atoms with E-state index in [4.69, 9.17) is 10.1 Å². The number of carbonyl (C=O) groups is 1. The average molecular weight is 380 g/mol. The number of ether oxygens (including phenoxy) is 1. The number of aliphatic hydroxyl groups is 1. The molecule has 27 heavy (non-hydrogen) atoms. The molecule has 0 spiro atoms. The second kappa shape index (κ2) is 7.92.